The lowest BCUT2D eigenvalue weighted by atomic mass is 10.1. The summed E-state index contributed by atoms with van der Waals surface area (Å²) in [6, 6.07) is 4.12. The zero-order valence-corrected chi connectivity index (χ0v) is 18.3. The normalized spacial score (nSPS) is 10.3. The van der Waals surface area contributed by atoms with Crippen LogP contribution in [0.2, 0.25) is 0 Å². The second kappa shape index (κ2) is 10.5. The first-order chi connectivity index (χ1) is 14.7. The summed E-state index contributed by atoms with van der Waals surface area (Å²) >= 11 is 0.908. The molecule has 0 radical (unpaired) electrons. The van der Waals surface area contributed by atoms with Crippen LogP contribution in [0.25, 0.3) is 0 Å². The van der Waals surface area contributed by atoms with E-state index in [-0.39, 0.29) is 40.1 Å². The quantitative estimate of drug-likeness (QED) is 0.348. The number of ether oxygens (including phenoxy) is 3. The summed E-state index contributed by atoms with van der Waals surface area (Å²) in [6.45, 7) is 6.30. The Morgan fingerprint density at radius 2 is 1.74 bits per heavy atom. The number of nitrogens with one attached hydrogen (secondary N) is 1. The Morgan fingerprint density at radius 3 is 2.32 bits per heavy atom. The van der Waals surface area contributed by atoms with Gasteiger partial charge in [-0.05, 0) is 45.4 Å². The molecule has 2 aromatic rings. The van der Waals surface area contributed by atoms with Gasteiger partial charge < -0.3 is 19.5 Å². The molecule has 166 valence electrons. The number of thiophene rings is 1. The van der Waals surface area contributed by atoms with Crippen LogP contribution in [0.5, 0.6) is 5.75 Å². The molecule has 11 heteroatoms. The van der Waals surface area contributed by atoms with Gasteiger partial charge in [-0.25, -0.2) is 9.59 Å². The fourth-order valence-electron chi connectivity index (χ4n) is 2.68. The van der Waals surface area contributed by atoms with Crippen molar-refractivity contribution in [1.29, 1.82) is 0 Å². The van der Waals surface area contributed by atoms with Gasteiger partial charge >= 0.3 is 11.9 Å². The second-order valence-electron chi connectivity index (χ2n) is 6.24. The van der Waals surface area contributed by atoms with Crippen LogP contribution in [0.3, 0.4) is 0 Å². The van der Waals surface area contributed by atoms with E-state index in [1.807, 2.05) is 0 Å². The minimum Gasteiger partial charge on any atom is -0.484 e. The highest BCUT2D eigenvalue weighted by Crippen LogP contribution is 2.34. The number of anilines is 1. The summed E-state index contributed by atoms with van der Waals surface area (Å²) in [5.74, 6) is -1.58. The molecular weight excluding hydrogens is 428 g/mol. The third-order valence-corrected chi connectivity index (χ3v) is 5.26. The van der Waals surface area contributed by atoms with E-state index in [1.54, 1.807) is 27.7 Å². The fourth-order valence-corrected chi connectivity index (χ4v) is 3.78. The van der Waals surface area contributed by atoms with E-state index in [0.717, 1.165) is 11.3 Å². The third-order valence-electron chi connectivity index (χ3n) is 4.07. The molecular formula is C20H22N2O8S. The van der Waals surface area contributed by atoms with Crippen molar-refractivity contribution in [3.8, 4) is 5.75 Å². The Morgan fingerprint density at radius 1 is 1.10 bits per heavy atom. The van der Waals surface area contributed by atoms with E-state index in [4.69, 9.17) is 14.2 Å². The van der Waals surface area contributed by atoms with Gasteiger partial charge in [0.1, 0.15) is 15.6 Å². The average molecular weight is 450 g/mol. The number of amides is 1. The van der Waals surface area contributed by atoms with E-state index < -0.39 is 29.4 Å². The third kappa shape index (κ3) is 5.79. The molecule has 0 aliphatic rings. The Balaban J connectivity index is 2.18. The van der Waals surface area contributed by atoms with Crippen molar-refractivity contribution in [1.82, 2.24) is 0 Å². The number of carbonyl (C=O) groups is 3. The molecule has 0 saturated carbocycles. The largest absolute Gasteiger partial charge is 0.484 e. The second-order valence-corrected chi connectivity index (χ2v) is 7.26. The number of carbonyl (C=O) groups excluding carboxylic acids is 3. The van der Waals surface area contributed by atoms with Crippen molar-refractivity contribution in [3.63, 3.8) is 0 Å². The van der Waals surface area contributed by atoms with Crippen molar-refractivity contribution in [2.24, 2.45) is 0 Å². The molecule has 0 fully saturated rings. The SMILES string of the molecule is CCOC(=O)c1sc(NC(=O)COc2ccc([N+](=O)[O-])c(C)c2)c(C(=O)OCC)c1C. The lowest BCUT2D eigenvalue weighted by Crippen LogP contribution is -2.21. The molecule has 2 rings (SSSR count). The molecule has 1 heterocycles. The molecule has 0 saturated heterocycles. The molecule has 31 heavy (non-hydrogen) atoms. The van der Waals surface area contributed by atoms with Crippen molar-refractivity contribution >= 4 is 39.9 Å². The van der Waals surface area contributed by atoms with Gasteiger partial charge in [0.15, 0.2) is 6.61 Å². The number of hydrogen-bond donors (Lipinski definition) is 1. The maximum atomic E-state index is 12.4. The van der Waals surface area contributed by atoms with Crippen LogP contribution < -0.4 is 10.1 Å². The van der Waals surface area contributed by atoms with Crippen molar-refractivity contribution in [2.45, 2.75) is 27.7 Å². The maximum absolute atomic E-state index is 12.4. The number of aryl methyl sites for hydroxylation is 1. The molecule has 1 amide bonds. The monoisotopic (exact) mass is 450 g/mol. The highest BCUT2D eigenvalue weighted by molar-refractivity contribution is 7.18. The predicted octanol–water partition coefficient (Wildman–Crippen LogP) is 3.64. The first kappa shape index (κ1) is 23.8. The molecule has 1 N–H and O–H groups in total. The summed E-state index contributed by atoms with van der Waals surface area (Å²) in [5, 5.41) is 13.6. The van der Waals surface area contributed by atoms with E-state index in [9.17, 15) is 24.5 Å². The molecule has 10 nitrogen and oxygen atoms in total. The number of nitro groups is 1. The zero-order chi connectivity index (χ0) is 23.1. The van der Waals surface area contributed by atoms with Gasteiger partial charge in [0.05, 0.1) is 23.7 Å². The molecule has 0 unspecified atom stereocenters. The number of nitrogens with zero attached hydrogens (tertiary/aromatic N) is 1. The Bertz CT molecular complexity index is 1010. The highest BCUT2D eigenvalue weighted by Gasteiger charge is 2.27. The minimum atomic E-state index is -0.672. The first-order valence-corrected chi connectivity index (χ1v) is 10.2. The van der Waals surface area contributed by atoms with Gasteiger partial charge in [0.2, 0.25) is 0 Å². The van der Waals surface area contributed by atoms with Crippen LogP contribution in [0.15, 0.2) is 18.2 Å². The van der Waals surface area contributed by atoms with Gasteiger partial charge in [0, 0.05) is 11.6 Å². The summed E-state index contributed by atoms with van der Waals surface area (Å²) in [6.07, 6.45) is 0. The van der Waals surface area contributed by atoms with E-state index in [0.29, 0.717) is 11.1 Å². The summed E-state index contributed by atoms with van der Waals surface area (Å²) in [5.41, 5.74) is 0.760. The Kier molecular flexibility index (Phi) is 8.08. The van der Waals surface area contributed by atoms with Gasteiger partial charge in [-0.15, -0.1) is 11.3 Å². The topological polar surface area (TPSA) is 134 Å². The van der Waals surface area contributed by atoms with Crippen LogP contribution in [-0.2, 0) is 14.3 Å². The summed E-state index contributed by atoms with van der Waals surface area (Å²) in [7, 11) is 0. The Hall–Kier alpha value is -3.47. The molecule has 1 aromatic carbocycles. The number of esters is 2. The average Bonchev–Trinajstić information content (AvgIpc) is 3.02. The van der Waals surface area contributed by atoms with Gasteiger partial charge in [-0.3, -0.25) is 14.9 Å². The molecule has 0 atom stereocenters. The van der Waals surface area contributed by atoms with Crippen LogP contribution in [-0.4, -0.2) is 42.6 Å². The number of nitro benzene ring substituents is 1. The van der Waals surface area contributed by atoms with Gasteiger partial charge in [-0.2, -0.15) is 0 Å². The van der Waals surface area contributed by atoms with Gasteiger partial charge in [-0.1, -0.05) is 0 Å². The number of benzene rings is 1. The molecule has 0 bridgehead atoms. The summed E-state index contributed by atoms with van der Waals surface area (Å²) < 4.78 is 15.4. The van der Waals surface area contributed by atoms with Crippen molar-refractivity contribution in [2.75, 3.05) is 25.1 Å². The predicted molar refractivity (Wildman–Crippen MR) is 113 cm³/mol. The van der Waals surface area contributed by atoms with E-state index in [1.165, 1.54) is 18.2 Å². The smallest absolute Gasteiger partial charge is 0.348 e. The summed E-state index contributed by atoms with van der Waals surface area (Å²) in [4.78, 5) is 47.5. The van der Waals surface area contributed by atoms with Gasteiger partial charge in [0.25, 0.3) is 11.6 Å². The van der Waals surface area contributed by atoms with E-state index in [2.05, 4.69) is 5.32 Å². The lowest BCUT2D eigenvalue weighted by molar-refractivity contribution is -0.385. The van der Waals surface area contributed by atoms with Crippen molar-refractivity contribution in [3.05, 3.63) is 49.9 Å². The molecule has 0 aliphatic heterocycles. The Labute approximate surface area is 182 Å². The van der Waals surface area contributed by atoms with Crippen LogP contribution in [0, 0.1) is 24.0 Å². The van der Waals surface area contributed by atoms with Crippen molar-refractivity contribution < 1.29 is 33.5 Å². The van der Waals surface area contributed by atoms with Crippen LogP contribution >= 0.6 is 11.3 Å². The number of hydrogen-bond acceptors (Lipinski definition) is 9. The molecule has 0 spiro atoms. The fraction of sp³-hybridized carbons (Fsp3) is 0.350. The lowest BCUT2D eigenvalue weighted by Gasteiger charge is -2.09. The molecule has 0 aliphatic carbocycles. The zero-order valence-electron chi connectivity index (χ0n) is 17.5. The van der Waals surface area contributed by atoms with E-state index >= 15 is 0 Å². The maximum Gasteiger partial charge on any atom is 0.348 e. The standard InChI is InChI=1S/C20H22N2O8S/c1-5-28-19(24)16-12(4)17(20(25)29-6-2)31-18(16)21-15(23)10-30-13-7-8-14(22(26)27)11(3)9-13/h7-9H,5-6,10H2,1-4H3,(H,21,23). The highest BCUT2D eigenvalue weighted by atomic mass is 32.1. The minimum absolute atomic E-state index is 0.0589. The van der Waals surface area contributed by atoms with Crippen LogP contribution in [0.4, 0.5) is 10.7 Å². The first-order valence-electron chi connectivity index (χ1n) is 9.34. The molecule has 1 aromatic heterocycles. The van der Waals surface area contributed by atoms with Crippen LogP contribution in [0.1, 0.15) is 45.0 Å². The number of rotatable bonds is 9.